The quantitative estimate of drug-likeness (QED) is 0.759. The minimum absolute atomic E-state index is 0.00137. The van der Waals surface area contributed by atoms with Gasteiger partial charge in [0.25, 0.3) is 0 Å². The van der Waals surface area contributed by atoms with Gasteiger partial charge in [0.15, 0.2) is 0 Å². The molecule has 1 aromatic heterocycles. The third-order valence-electron chi connectivity index (χ3n) is 2.13. The third-order valence-corrected chi connectivity index (χ3v) is 2.13. The summed E-state index contributed by atoms with van der Waals surface area (Å²) in [6.07, 6.45) is 3.76. The number of hydrogen-bond acceptors (Lipinski definition) is 3. The highest BCUT2D eigenvalue weighted by molar-refractivity contribution is 5.88. The Kier molecular flexibility index (Phi) is 3.68. The first kappa shape index (κ1) is 11.5. The zero-order valence-electron chi connectivity index (χ0n) is 9.23. The van der Waals surface area contributed by atoms with Gasteiger partial charge in [-0.15, -0.1) is 0 Å². The molecule has 1 aromatic rings. The molecule has 0 saturated carbocycles. The van der Waals surface area contributed by atoms with E-state index in [1.54, 1.807) is 10.6 Å². The Bertz CT molecular complexity index is 378. The Morgan fingerprint density at radius 2 is 2.27 bits per heavy atom. The van der Waals surface area contributed by atoms with Crippen molar-refractivity contribution in [3.8, 4) is 0 Å². The second-order valence-electron chi connectivity index (χ2n) is 3.41. The molecule has 0 saturated heterocycles. The number of hydrogen-bond donors (Lipinski definition) is 1. The van der Waals surface area contributed by atoms with Crippen LogP contribution in [0.25, 0.3) is 6.08 Å². The highest BCUT2D eigenvalue weighted by atomic mass is 16.5. The molecule has 0 aromatic carbocycles. The van der Waals surface area contributed by atoms with Crippen LogP contribution in [0.5, 0.6) is 0 Å². The number of nitrogens with two attached hydrogens (primary N) is 1. The summed E-state index contributed by atoms with van der Waals surface area (Å²) in [5.74, 6) is -0.335. The van der Waals surface area contributed by atoms with Crippen molar-refractivity contribution in [1.82, 2.24) is 4.57 Å². The van der Waals surface area contributed by atoms with Crippen molar-refractivity contribution in [3.05, 3.63) is 29.6 Å². The van der Waals surface area contributed by atoms with Gasteiger partial charge >= 0.3 is 5.97 Å². The molecule has 15 heavy (non-hydrogen) atoms. The van der Waals surface area contributed by atoms with Gasteiger partial charge in [0.2, 0.25) is 0 Å². The number of ether oxygens (including phenoxy) is 1. The maximum Gasteiger partial charge on any atom is 0.354 e. The fraction of sp³-hybridized carbons (Fsp3) is 0.364. The highest BCUT2D eigenvalue weighted by Crippen LogP contribution is 2.10. The smallest absolute Gasteiger partial charge is 0.354 e. The summed E-state index contributed by atoms with van der Waals surface area (Å²) in [6.45, 7) is 1.89. The van der Waals surface area contributed by atoms with Crippen LogP contribution >= 0.6 is 0 Å². The van der Waals surface area contributed by atoms with E-state index < -0.39 is 0 Å². The molecule has 2 N–H and O–H groups in total. The van der Waals surface area contributed by atoms with E-state index in [4.69, 9.17) is 5.73 Å². The predicted octanol–water partition coefficient (Wildman–Crippen LogP) is 1.17. The molecular formula is C11H16N2O2. The van der Waals surface area contributed by atoms with Gasteiger partial charge in [-0.1, -0.05) is 6.08 Å². The lowest BCUT2D eigenvalue weighted by Gasteiger charge is -2.03. The van der Waals surface area contributed by atoms with Crippen LogP contribution in [0, 0.1) is 0 Å². The molecule has 4 heteroatoms. The topological polar surface area (TPSA) is 57.2 Å². The molecular weight excluding hydrogens is 192 g/mol. The first-order valence-corrected chi connectivity index (χ1v) is 4.74. The van der Waals surface area contributed by atoms with Gasteiger partial charge in [-0.3, -0.25) is 0 Å². The average molecular weight is 208 g/mol. The van der Waals surface area contributed by atoms with E-state index in [9.17, 15) is 4.79 Å². The SMILES string of the molecule is COC(=O)c1ccc(/C=C/C(C)N)n1C. The molecule has 82 valence electrons. The Morgan fingerprint density at radius 1 is 1.60 bits per heavy atom. The standard InChI is InChI=1S/C11H16N2O2/c1-8(12)4-5-9-6-7-10(13(9)2)11(14)15-3/h4-8H,12H2,1-3H3/b5-4+. The fourth-order valence-corrected chi connectivity index (χ4v) is 1.25. The Hall–Kier alpha value is -1.55. The maximum atomic E-state index is 11.3. The van der Waals surface area contributed by atoms with Gasteiger partial charge in [0, 0.05) is 18.8 Å². The number of nitrogens with zero attached hydrogens (tertiary/aromatic N) is 1. The van der Waals surface area contributed by atoms with E-state index in [-0.39, 0.29) is 12.0 Å². The molecule has 1 rings (SSSR count). The van der Waals surface area contributed by atoms with Crippen molar-refractivity contribution >= 4 is 12.0 Å². The summed E-state index contributed by atoms with van der Waals surface area (Å²) in [4.78, 5) is 11.3. The summed E-state index contributed by atoms with van der Waals surface area (Å²) in [6, 6.07) is 3.58. The number of methoxy groups -OCH3 is 1. The van der Waals surface area contributed by atoms with Gasteiger partial charge in [-0.25, -0.2) is 4.79 Å². The van der Waals surface area contributed by atoms with Crippen LogP contribution in [0.4, 0.5) is 0 Å². The molecule has 1 unspecified atom stereocenters. The summed E-state index contributed by atoms with van der Waals surface area (Å²) < 4.78 is 6.42. The van der Waals surface area contributed by atoms with Gasteiger partial charge in [-0.2, -0.15) is 0 Å². The Morgan fingerprint density at radius 3 is 2.80 bits per heavy atom. The molecule has 0 bridgehead atoms. The van der Waals surface area contributed by atoms with Crippen molar-refractivity contribution in [2.24, 2.45) is 12.8 Å². The lowest BCUT2D eigenvalue weighted by atomic mass is 10.3. The van der Waals surface area contributed by atoms with Crippen LogP contribution in [-0.4, -0.2) is 23.7 Å². The minimum Gasteiger partial charge on any atom is -0.464 e. The van der Waals surface area contributed by atoms with Crippen LogP contribution < -0.4 is 5.73 Å². The van der Waals surface area contributed by atoms with E-state index in [1.165, 1.54) is 7.11 Å². The van der Waals surface area contributed by atoms with Crippen molar-refractivity contribution in [3.63, 3.8) is 0 Å². The molecule has 0 fully saturated rings. The fourth-order valence-electron chi connectivity index (χ4n) is 1.25. The molecule has 1 atom stereocenters. The Balaban J connectivity index is 2.94. The van der Waals surface area contributed by atoms with Crippen LogP contribution in [-0.2, 0) is 11.8 Å². The van der Waals surface area contributed by atoms with Crippen molar-refractivity contribution < 1.29 is 9.53 Å². The van der Waals surface area contributed by atoms with E-state index in [2.05, 4.69) is 4.74 Å². The zero-order valence-corrected chi connectivity index (χ0v) is 9.23. The second-order valence-corrected chi connectivity index (χ2v) is 3.41. The second kappa shape index (κ2) is 4.79. The number of aromatic nitrogens is 1. The van der Waals surface area contributed by atoms with E-state index >= 15 is 0 Å². The number of esters is 1. The molecule has 0 spiro atoms. The summed E-state index contributed by atoms with van der Waals surface area (Å²) >= 11 is 0. The average Bonchev–Trinajstić information content (AvgIpc) is 2.56. The monoisotopic (exact) mass is 208 g/mol. The molecule has 0 aliphatic rings. The lowest BCUT2D eigenvalue weighted by molar-refractivity contribution is 0.0590. The Labute approximate surface area is 89.3 Å². The van der Waals surface area contributed by atoms with Crippen LogP contribution in [0.1, 0.15) is 23.1 Å². The van der Waals surface area contributed by atoms with Gasteiger partial charge < -0.3 is 15.0 Å². The molecule has 0 aliphatic carbocycles. The van der Waals surface area contributed by atoms with Crippen LogP contribution in [0.2, 0.25) is 0 Å². The number of rotatable bonds is 3. The molecule has 4 nitrogen and oxygen atoms in total. The van der Waals surface area contributed by atoms with Gasteiger partial charge in [0.1, 0.15) is 5.69 Å². The zero-order chi connectivity index (χ0) is 11.4. The van der Waals surface area contributed by atoms with Crippen molar-refractivity contribution in [2.75, 3.05) is 7.11 Å². The van der Waals surface area contributed by atoms with Crippen molar-refractivity contribution in [1.29, 1.82) is 0 Å². The maximum absolute atomic E-state index is 11.3. The largest absolute Gasteiger partial charge is 0.464 e. The van der Waals surface area contributed by atoms with Gasteiger partial charge in [0.05, 0.1) is 7.11 Å². The lowest BCUT2D eigenvalue weighted by Crippen LogP contribution is -2.11. The number of carbonyl (C=O) groups excluding carboxylic acids is 1. The normalized spacial score (nSPS) is 13.1. The first-order chi connectivity index (χ1) is 7.06. The van der Waals surface area contributed by atoms with Crippen LogP contribution in [0.3, 0.4) is 0 Å². The summed E-state index contributed by atoms with van der Waals surface area (Å²) in [5, 5.41) is 0. The molecule has 0 aliphatic heterocycles. The predicted molar refractivity (Wildman–Crippen MR) is 59.4 cm³/mol. The van der Waals surface area contributed by atoms with E-state index in [0.717, 1.165) is 5.69 Å². The highest BCUT2D eigenvalue weighted by Gasteiger charge is 2.10. The van der Waals surface area contributed by atoms with E-state index in [0.29, 0.717) is 5.69 Å². The van der Waals surface area contributed by atoms with Crippen molar-refractivity contribution in [2.45, 2.75) is 13.0 Å². The minimum atomic E-state index is -0.335. The summed E-state index contributed by atoms with van der Waals surface area (Å²) in [5.41, 5.74) is 7.05. The van der Waals surface area contributed by atoms with Crippen LogP contribution in [0.15, 0.2) is 18.2 Å². The first-order valence-electron chi connectivity index (χ1n) is 4.74. The molecule has 0 radical (unpaired) electrons. The van der Waals surface area contributed by atoms with E-state index in [1.807, 2.05) is 32.2 Å². The molecule has 1 heterocycles. The third kappa shape index (κ3) is 2.70. The van der Waals surface area contributed by atoms with Gasteiger partial charge in [-0.05, 0) is 25.1 Å². The number of carbonyl (C=O) groups is 1. The molecule has 0 amide bonds. The summed E-state index contributed by atoms with van der Waals surface area (Å²) in [7, 11) is 3.18.